The van der Waals surface area contributed by atoms with Crippen LogP contribution in [0.25, 0.3) is 0 Å². The zero-order chi connectivity index (χ0) is 20.6. The highest BCUT2D eigenvalue weighted by atomic mass is 79.9. The first-order valence-corrected chi connectivity index (χ1v) is 10.3. The minimum atomic E-state index is -0.351. The summed E-state index contributed by atoms with van der Waals surface area (Å²) in [4.78, 5) is 14.8. The number of rotatable bonds is 9. The van der Waals surface area contributed by atoms with Crippen LogP contribution >= 0.6 is 15.9 Å². The van der Waals surface area contributed by atoms with Crippen molar-refractivity contribution >= 4 is 21.8 Å². The van der Waals surface area contributed by atoms with Crippen LogP contribution in [-0.4, -0.2) is 35.6 Å². The normalized spacial score (nSPS) is 10.9. The quantitative estimate of drug-likeness (QED) is 0.417. The van der Waals surface area contributed by atoms with Gasteiger partial charge in [-0.05, 0) is 60.5 Å². The van der Waals surface area contributed by atoms with E-state index in [1.165, 1.54) is 29.8 Å². The average Bonchev–Trinajstić information content (AvgIpc) is 3.16. The summed E-state index contributed by atoms with van der Waals surface area (Å²) in [6, 6.07) is 17.9. The Balaban J connectivity index is 1.77. The number of carbonyl (C=O) groups excluding carboxylic acids is 1. The smallest absolute Gasteiger partial charge is 0.254 e. The number of aromatic nitrogens is 1. The van der Waals surface area contributed by atoms with Gasteiger partial charge >= 0.3 is 0 Å². The fourth-order valence-corrected chi connectivity index (χ4v) is 3.42. The van der Waals surface area contributed by atoms with E-state index in [1.54, 1.807) is 12.0 Å². The number of halogens is 2. The second kappa shape index (κ2) is 10.4. The molecule has 29 heavy (non-hydrogen) atoms. The predicted octanol–water partition coefficient (Wildman–Crippen LogP) is 5.12. The van der Waals surface area contributed by atoms with Crippen molar-refractivity contribution in [3.05, 3.63) is 94.0 Å². The van der Waals surface area contributed by atoms with Crippen molar-refractivity contribution in [1.82, 2.24) is 9.47 Å². The van der Waals surface area contributed by atoms with Gasteiger partial charge in [0.25, 0.3) is 5.91 Å². The molecule has 6 heteroatoms. The molecule has 1 amide bonds. The Hall–Kier alpha value is -2.44. The van der Waals surface area contributed by atoms with Crippen LogP contribution in [0.3, 0.4) is 0 Å². The zero-order valence-corrected chi connectivity index (χ0v) is 17.9. The monoisotopic (exact) mass is 458 g/mol. The van der Waals surface area contributed by atoms with E-state index >= 15 is 0 Å². The lowest BCUT2D eigenvalue weighted by atomic mass is 10.2. The van der Waals surface area contributed by atoms with Gasteiger partial charge in [-0.1, -0.05) is 28.1 Å². The molecule has 0 bridgehead atoms. The highest BCUT2D eigenvalue weighted by molar-refractivity contribution is 9.10. The van der Waals surface area contributed by atoms with Gasteiger partial charge in [0, 0.05) is 48.7 Å². The van der Waals surface area contributed by atoms with Crippen molar-refractivity contribution in [2.75, 3.05) is 20.3 Å². The number of ether oxygens (including phenoxy) is 1. The van der Waals surface area contributed by atoms with Gasteiger partial charge in [0.2, 0.25) is 0 Å². The number of hydrogen-bond donors (Lipinski definition) is 0. The number of benzene rings is 2. The summed E-state index contributed by atoms with van der Waals surface area (Å²) in [7, 11) is 1.65. The van der Waals surface area contributed by atoms with Crippen molar-refractivity contribution in [3.63, 3.8) is 0 Å². The molecule has 0 fully saturated rings. The molecule has 0 aliphatic heterocycles. The molecule has 0 radical (unpaired) electrons. The van der Waals surface area contributed by atoms with Crippen LogP contribution in [0.1, 0.15) is 28.0 Å². The van der Waals surface area contributed by atoms with Crippen LogP contribution in [0.5, 0.6) is 0 Å². The summed E-state index contributed by atoms with van der Waals surface area (Å²) in [6.07, 6.45) is 2.75. The summed E-state index contributed by atoms with van der Waals surface area (Å²) < 4.78 is 21.6. The lowest BCUT2D eigenvalue weighted by Gasteiger charge is -2.24. The molecule has 0 N–H and O–H groups in total. The van der Waals surface area contributed by atoms with E-state index in [9.17, 15) is 9.18 Å². The number of hydrogen-bond acceptors (Lipinski definition) is 2. The average molecular weight is 459 g/mol. The fraction of sp³-hybridized carbons (Fsp3) is 0.261. The Labute approximate surface area is 179 Å². The molecule has 3 aromatic rings. The third-order valence-electron chi connectivity index (χ3n) is 4.70. The minimum absolute atomic E-state index is 0.113. The van der Waals surface area contributed by atoms with Gasteiger partial charge in [0.05, 0.1) is 6.54 Å². The minimum Gasteiger partial charge on any atom is -0.385 e. The van der Waals surface area contributed by atoms with Gasteiger partial charge in [0.15, 0.2) is 0 Å². The maximum Gasteiger partial charge on any atom is 0.254 e. The third kappa shape index (κ3) is 6.02. The van der Waals surface area contributed by atoms with E-state index in [-0.39, 0.29) is 11.7 Å². The Bertz CT molecular complexity index is 923. The van der Waals surface area contributed by atoms with Crippen LogP contribution < -0.4 is 0 Å². The first kappa shape index (κ1) is 21.3. The molecule has 0 saturated heterocycles. The van der Waals surface area contributed by atoms with E-state index in [2.05, 4.69) is 32.6 Å². The van der Waals surface area contributed by atoms with Crippen LogP contribution in [0, 0.1) is 5.82 Å². The molecular weight excluding hydrogens is 435 g/mol. The van der Waals surface area contributed by atoms with Crippen molar-refractivity contribution in [2.45, 2.75) is 19.5 Å². The molecular formula is C23H24BrFN2O2. The second-order valence-corrected chi connectivity index (χ2v) is 7.75. The summed E-state index contributed by atoms with van der Waals surface area (Å²) in [5.41, 5.74) is 2.71. The molecule has 0 aliphatic rings. The van der Waals surface area contributed by atoms with Crippen LogP contribution in [0.15, 0.2) is 71.3 Å². The van der Waals surface area contributed by atoms with Crippen LogP contribution in [0.4, 0.5) is 4.39 Å². The highest BCUT2D eigenvalue weighted by Gasteiger charge is 2.17. The SMILES string of the molecule is COCCCN(Cc1cccn1Cc1ccc(Br)cc1)C(=O)c1ccc(F)cc1. The lowest BCUT2D eigenvalue weighted by molar-refractivity contribution is 0.0720. The Morgan fingerprint density at radius 3 is 2.52 bits per heavy atom. The van der Waals surface area contributed by atoms with Crippen molar-refractivity contribution in [1.29, 1.82) is 0 Å². The zero-order valence-electron chi connectivity index (χ0n) is 16.4. The van der Waals surface area contributed by atoms with Gasteiger partial charge in [-0.2, -0.15) is 0 Å². The second-order valence-electron chi connectivity index (χ2n) is 6.83. The summed E-state index contributed by atoms with van der Waals surface area (Å²) >= 11 is 3.46. The van der Waals surface area contributed by atoms with Gasteiger partial charge < -0.3 is 14.2 Å². The largest absolute Gasteiger partial charge is 0.385 e. The standard InChI is InChI=1S/C23H24BrFN2O2/c1-29-15-3-14-27(23(28)19-7-11-21(25)12-8-19)17-22-4-2-13-26(22)16-18-5-9-20(24)10-6-18/h2,4-13H,3,14-17H2,1H3. The van der Waals surface area contributed by atoms with E-state index < -0.39 is 0 Å². The molecule has 3 rings (SSSR count). The van der Waals surface area contributed by atoms with Crippen molar-refractivity contribution < 1.29 is 13.9 Å². The highest BCUT2D eigenvalue weighted by Crippen LogP contribution is 2.16. The maximum absolute atomic E-state index is 13.2. The third-order valence-corrected chi connectivity index (χ3v) is 5.23. The summed E-state index contributed by atoms with van der Waals surface area (Å²) in [6.45, 7) is 2.34. The molecule has 0 atom stereocenters. The molecule has 0 saturated carbocycles. The first-order chi connectivity index (χ1) is 14.1. The molecule has 1 heterocycles. The van der Waals surface area contributed by atoms with Crippen molar-refractivity contribution in [3.8, 4) is 0 Å². The Morgan fingerprint density at radius 1 is 1.10 bits per heavy atom. The number of methoxy groups -OCH3 is 1. The Morgan fingerprint density at radius 2 is 1.83 bits per heavy atom. The molecule has 4 nitrogen and oxygen atoms in total. The molecule has 0 aliphatic carbocycles. The van der Waals surface area contributed by atoms with E-state index in [0.717, 1.165) is 23.1 Å². The van der Waals surface area contributed by atoms with E-state index in [1.807, 2.05) is 30.5 Å². The van der Waals surface area contributed by atoms with Gasteiger partial charge in [-0.3, -0.25) is 4.79 Å². The van der Waals surface area contributed by atoms with Crippen LogP contribution in [-0.2, 0) is 17.8 Å². The van der Waals surface area contributed by atoms with Gasteiger partial charge in [-0.15, -0.1) is 0 Å². The van der Waals surface area contributed by atoms with Crippen molar-refractivity contribution in [2.24, 2.45) is 0 Å². The maximum atomic E-state index is 13.2. The number of carbonyl (C=O) groups is 1. The molecule has 0 unspecified atom stereocenters. The number of nitrogens with zero attached hydrogens (tertiary/aromatic N) is 2. The molecule has 152 valence electrons. The first-order valence-electron chi connectivity index (χ1n) is 9.49. The topological polar surface area (TPSA) is 34.5 Å². The Kier molecular flexibility index (Phi) is 7.61. The summed E-state index contributed by atoms with van der Waals surface area (Å²) in [5, 5.41) is 0. The molecule has 2 aromatic carbocycles. The van der Waals surface area contributed by atoms with Gasteiger partial charge in [0.1, 0.15) is 5.82 Å². The summed E-state index contributed by atoms with van der Waals surface area (Å²) in [5.74, 6) is -0.464. The lowest BCUT2D eigenvalue weighted by Crippen LogP contribution is -2.33. The van der Waals surface area contributed by atoms with E-state index in [4.69, 9.17) is 4.74 Å². The fourth-order valence-electron chi connectivity index (χ4n) is 3.16. The van der Waals surface area contributed by atoms with E-state index in [0.29, 0.717) is 25.3 Å². The van der Waals surface area contributed by atoms with Gasteiger partial charge in [-0.25, -0.2) is 4.39 Å². The van der Waals surface area contributed by atoms with Crippen LogP contribution in [0.2, 0.25) is 0 Å². The molecule has 1 aromatic heterocycles. The molecule has 0 spiro atoms. The number of amides is 1. The predicted molar refractivity (Wildman–Crippen MR) is 115 cm³/mol.